The summed E-state index contributed by atoms with van der Waals surface area (Å²) in [6, 6.07) is 5.57. The average molecular weight is 333 g/mol. The SMILES string of the molecule is CN(C)CC(=O)NCc1cccc(-c2csc(N=C(N)N)n2)n1. The number of hydrogen-bond acceptors (Lipinski definition) is 6. The summed E-state index contributed by atoms with van der Waals surface area (Å²) in [7, 11) is 3.68. The lowest BCUT2D eigenvalue weighted by molar-refractivity contribution is -0.121. The Morgan fingerprint density at radius 2 is 2.09 bits per heavy atom. The average Bonchev–Trinajstić information content (AvgIpc) is 2.92. The molecular weight excluding hydrogens is 314 g/mol. The minimum Gasteiger partial charge on any atom is -0.370 e. The summed E-state index contributed by atoms with van der Waals surface area (Å²) in [5.41, 5.74) is 12.8. The van der Waals surface area contributed by atoms with Crippen molar-refractivity contribution in [1.29, 1.82) is 0 Å². The first-order valence-corrected chi connectivity index (χ1v) is 7.75. The molecule has 0 bridgehead atoms. The molecule has 0 atom stereocenters. The Morgan fingerprint density at radius 1 is 1.30 bits per heavy atom. The second-order valence-corrected chi connectivity index (χ2v) is 5.92. The highest BCUT2D eigenvalue weighted by atomic mass is 32.1. The fourth-order valence-corrected chi connectivity index (χ4v) is 2.50. The van der Waals surface area contributed by atoms with Crippen molar-refractivity contribution in [3.8, 4) is 11.4 Å². The summed E-state index contributed by atoms with van der Waals surface area (Å²) in [6.07, 6.45) is 0. The first-order valence-electron chi connectivity index (χ1n) is 6.87. The van der Waals surface area contributed by atoms with Gasteiger partial charge in [-0.25, -0.2) is 9.97 Å². The summed E-state index contributed by atoms with van der Waals surface area (Å²) >= 11 is 1.33. The van der Waals surface area contributed by atoms with Crippen LogP contribution in [0, 0.1) is 0 Å². The maximum atomic E-state index is 11.7. The lowest BCUT2D eigenvalue weighted by atomic mass is 10.2. The number of nitrogens with zero attached hydrogens (tertiary/aromatic N) is 4. The van der Waals surface area contributed by atoms with Crippen LogP contribution in [0.4, 0.5) is 5.13 Å². The minimum atomic E-state index is -0.0501. The lowest BCUT2D eigenvalue weighted by Crippen LogP contribution is -2.33. The predicted molar refractivity (Wildman–Crippen MR) is 91.2 cm³/mol. The quantitative estimate of drug-likeness (QED) is 0.516. The lowest BCUT2D eigenvalue weighted by Gasteiger charge is -2.10. The zero-order valence-corrected chi connectivity index (χ0v) is 13.8. The van der Waals surface area contributed by atoms with E-state index < -0.39 is 0 Å². The molecule has 23 heavy (non-hydrogen) atoms. The molecular formula is C14H19N7OS. The van der Waals surface area contributed by atoms with Gasteiger partial charge in [-0.2, -0.15) is 4.99 Å². The molecule has 0 radical (unpaired) electrons. The molecule has 5 N–H and O–H groups in total. The Labute approximate surface area is 138 Å². The van der Waals surface area contributed by atoms with Crippen LogP contribution in [0.3, 0.4) is 0 Å². The molecule has 0 unspecified atom stereocenters. The summed E-state index contributed by atoms with van der Waals surface area (Å²) in [4.78, 5) is 26.2. The number of nitrogens with one attached hydrogen (secondary N) is 1. The standard InChI is InChI=1S/C14H19N7OS/c1-21(2)7-12(22)17-6-9-4-3-5-10(18-9)11-8-23-14(19-11)20-13(15)16/h3-5,8H,6-7H2,1-2H3,(H,17,22)(H4,15,16,19,20). The van der Waals surface area contributed by atoms with E-state index in [4.69, 9.17) is 11.5 Å². The van der Waals surface area contributed by atoms with Gasteiger partial charge in [0.25, 0.3) is 0 Å². The van der Waals surface area contributed by atoms with Crippen LogP contribution < -0.4 is 16.8 Å². The Kier molecular flexibility index (Phi) is 5.61. The third-order valence-corrected chi connectivity index (χ3v) is 3.45. The predicted octanol–water partition coefficient (Wildman–Crippen LogP) is 0.288. The van der Waals surface area contributed by atoms with Crippen LogP contribution in [0.25, 0.3) is 11.4 Å². The zero-order valence-electron chi connectivity index (χ0n) is 13.0. The van der Waals surface area contributed by atoms with Crippen molar-refractivity contribution in [1.82, 2.24) is 20.2 Å². The number of likely N-dealkylation sites (N-methyl/N-ethyl adjacent to an activating group) is 1. The van der Waals surface area contributed by atoms with Crippen LogP contribution in [0.2, 0.25) is 0 Å². The van der Waals surface area contributed by atoms with E-state index in [0.29, 0.717) is 29.6 Å². The third-order valence-electron chi connectivity index (χ3n) is 2.71. The van der Waals surface area contributed by atoms with Gasteiger partial charge in [0.15, 0.2) is 5.96 Å². The van der Waals surface area contributed by atoms with Crippen molar-refractivity contribution in [2.75, 3.05) is 20.6 Å². The van der Waals surface area contributed by atoms with Crippen molar-refractivity contribution >= 4 is 28.3 Å². The molecule has 2 rings (SSSR count). The summed E-state index contributed by atoms with van der Waals surface area (Å²) in [5, 5.41) is 5.13. The van der Waals surface area contributed by atoms with Crippen molar-refractivity contribution in [3.05, 3.63) is 29.3 Å². The molecule has 2 aromatic heterocycles. The molecule has 0 saturated carbocycles. The highest BCUT2D eigenvalue weighted by Gasteiger charge is 2.08. The number of amides is 1. The first kappa shape index (κ1) is 16.8. The number of guanidine groups is 1. The molecule has 0 aromatic carbocycles. The van der Waals surface area contributed by atoms with E-state index in [0.717, 1.165) is 5.69 Å². The number of thiazole rings is 1. The van der Waals surface area contributed by atoms with Crippen LogP contribution in [0.15, 0.2) is 28.6 Å². The number of rotatable bonds is 6. The largest absolute Gasteiger partial charge is 0.370 e. The maximum Gasteiger partial charge on any atom is 0.234 e. The molecule has 2 heterocycles. The Bertz CT molecular complexity index is 707. The summed E-state index contributed by atoms with van der Waals surface area (Å²) < 4.78 is 0. The van der Waals surface area contributed by atoms with E-state index in [2.05, 4.69) is 20.3 Å². The van der Waals surface area contributed by atoms with Crippen molar-refractivity contribution in [2.45, 2.75) is 6.54 Å². The number of aliphatic imine (C=N–C) groups is 1. The molecule has 0 aliphatic heterocycles. The van der Waals surface area contributed by atoms with Gasteiger partial charge in [0.1, 0.15) is 5.69 Å². The Morgan fingerprint density at radius 3 is 2.78 bits per heavy atom. The van der Waals surface area contributed by atoms with E-state index in [9.17, 15) is 4.79 Å². The van der Waals surface area contributed by atoms with Gasteiger partial charge in [-0.05, 0) is 26.2 Å². The zero-order chi connectivity index (χ0) is 16.8. The van der Waals surface area contributed by atoms with Crippen LogP contribution in [0.1, 0.15) is 5.69 Å². The maximum absolute atomic E-state index is 11.7. The van der Waals surface area contributed by atoms with E-state index >= 15 is 0 Å². The molecule has 122 valence electrons. The minimum absolute atomic E-state index is 0.0313. The van der Waals surface area contributed by atoms with Crippen molar-refractivity contribution < 1.29 is 4.79 Å². The molecule has 1 amide bonds. The van der Waals surface area contributed by atoms with Crippen LogP contribution in [-0.2, 0) is 11.3 Å². The number of nitrogens with two attached hydrogens (primary N) is 2. The van der Waals surface area contributed by atoms with Crippen LogP contribution in [-0.4, -0.2) is 47.4 Å². The van der Waals surface area contributed by atoms with Crippen LogP contribution >= 0.6 is 11.3 Å². The summed E-state index contributed by atoms with van der Waals surface area (Å²) in [5.74, 6) is -0.0814. The van der Waals surface area contributed by atoms with Gasteiger partial charge >= 0.3 is 0 Å². The molecule has 0 fully saturated rings. The highest BCUT2D eigenvalue weighted by Crippen LogP contribution is 2.25. The molecule has 2 aromatic rings. The fraction of sp³-hybridized carbons (Fsp3) is 0.286. The monoisotopic (exact) mass is 333 g/mol. The number of hydrogen-bond donors (Lipinski definition) is 3. The van der Waals surface area contributed by atoms with Gasteiger partial charge in [-0.15, -0.1) is 11.3 Å². The van der Waals surface area contributed by atoms with Gasteiger partial charge in [-0.3, -0.25) is 4.79 Å². The molecule has 0 aliphatic carbocycles. The first-order chi connectivity index (χ1) is 10.9. The topological polar surface area (TPSA) is 123 Å². The third kappa shape index (κ3) is 5.31. The highest BCUT2D eigenvalue weighted by molar-refractivity contribution is 7.13. The summed E-state index contributed by atoms with van der Waals surface area (Å²) in [6.45, 7) is 0.707. The van der Waals surface area contributed by atoms with Gasteiger partial charge in [0, 0.05) is 5.38 Å². The number of carbonyl (C=O) groups excluding carboxylic acids is 1. The number of aromatic nitrogens is 2. The fourth-order valence-electron chi connectivity index (χ4n) is 1.80. The second kappa shape index (κ2) is 7.65. The number of carbonyl (C=O) groups is 1. The van der Waals surface area contributed by atoms with Crippen molar-refractivity contribution in [3.63, 3.8) is 0 Å². The molecule has 0 saturated heterocycles. The Balaban J connectivity index is 2.06. The van der Waals surface area contributed by atoms with Crippen LogP contribution in [0.5, 0.6) is 0 Å². The molecule has 0 aliphatic rings. The Hall–Kier alpha value is -2.52. The molecule has 9 heteroatoms. The van der Waals surface area contributed by atoms with E-state index in [1.54, 1.807) is 4.90 Å². The van der Waals surface area contributed by atoms with Gasteiger partial charge in [-0.1, -0.05) is 6.07 Å². The molecule has 8 nitrogen and oxygen atoms in total. The van der Waals surface area contributed by atoms with E-state index in [1.807, 2.05) is 37.7 Å². The van der Waals surface area contributed by atoms with Gasteiger partial charge < -0.3 is 21.7 Å². The van der Waals surface area contributed by atoms with Gasteiger partial charge in [0.05, 0.1) is 24.5 Å². The van der Waals surface area contributed by atoms with Gasteiger partial charge in [0.2, 0.25) is 11.0 Å². The molecule has 0 spiro atoms. The second-order valence-electron chi connectivity index (χ2n) is 5.08. The van der Waals surface area contributed by atoms with E-state index in [-0.39, 0.29) is 11.9 Å². The van der Waals surface area contributed by atoms with E-state index in [1.165, 1.54) is 11.3 Å². The normalized spacial score (nSPS) is 10.6. The number of pyridine rings is 1. The van der Waals surface area contributed by atoms with Crippen molar-refractivity contribution in [2.24, 2.45) is 16.5 Å². The smallest absolute Gasteiger partial charge is 0.234 e.